The van der Waals surface area contributed by atoms with Crippen LogP contribution in [-0.4, -0.2) is 40.2 Å². The minimum atomic E-state index is -0.327. The average Bonchev–Trinajstić information content (AvgIpc) is 3.25. The first-order valence-electron chi connectivity index (χ1n) is 8.30. The molecule has 0 aliphatic rings. The summed E-state index contributed by atoms with van der Waals surface area (Å²) in [5, 5.41) is 9.52. The smallest absolute Gasteiger partial charge is 0.251 e. The monoisotopic (exact) mass is 365 g/mol. The van der Waals surface area contributed by atoms with Gasteiger partial charge in [-0.05, 0) is 36.4 Å². The van der Waals surface area contributed by atoms with Crippen LogP contribution in [0.3, 0.4) is 0 Å². The molecule has 3 aromatic rings. The van der Waals surface area contributed by atoms with Gasteiger partial charge in [0.25, 0.3) is 5.91 Å². The number of aromatic nitrogens is 3. The number of carbonyl (C=O) groups excluding carboxylic acids is 2. The van der Waals surface area contributed by atoms with E-state index in [1.165, 1.54) is 0 Å². The Morgan fingerprint density at radius 1 is 1.07 bits per heavy atom. The lowest BCUT2D eigenvalue weighted by Crippen LogP contribution is -2.36. The molecule has 8 nitrogen and oxygen atoms in total. The maximum Gasteiger partial charge on any atom is 0.251 e. The van der Waals surface area contributed by atoms with Gasteiger partial charge in [0.05, 0.1) is 13.7 Å². The van der Waals surface area contributed by atoms with Crippen molar-refractivity contribution in [2.45, 2.75) is 6.54 Å². The van der Waals surface area contributed by atoms with E-state index in [4.69, 9.17) is 4.74 Å². The highest BCUT2D eigenvalue weighted by atomic mass is 16.5. The molecule has 0 bridgehead atoms. The zero-order valence-corrected chi connectivity index (χ0v) is 14.8. The van der Waals surface area contributed by atoms with Crippen LogP contribution in [-0.2, 0) is 11.3 Å². The van der Waals surface area contributed by atoms with E-state index in [0.717, 1.165) is 5.56 Å². The molecule has 2 heterocycles. The summed E-state index contributed by atoms with van der Waals surface area (Å²) in [6.45, 7) is 0.155. The van der Waals surface area contributed by atoms with E-state index >= 15 is 0 Å². The average molecular weight is 365 g/mol. The van der Waals surface area contributed by atoms with Crippen LogP contribution in [0.15, 0.2) is 61.1 Å². The highest BCUT2D eigenvalue weighted by molar-refractivity contribution is 5.96. The number of ether oxygens (including phenoxy) is 1. The Kier molecular flexibility index (Phi) is 5.78. The normalized spacial score (nSPS) is 10.3. The number of rotatable bonds is 7. The van der Waals surface area contributed by atoms with Gasteiger partial charge in [0.1, 0.15) is 5.75 Å². The van der Waals surface area contributed by atoms with Crippen molar-refractivity contribution in [1.82, 2.24) is 25.4 Å². The van der Waals surface area contributed by atoms with E-state index in [1.807, 2.05) is 6.07 Å². The van der Waals surface area contributed by atoms with Gasteiger partial charge < -0.3 is 15.4 Å². The number of nitrogens with one attached hydrogen (secondary N) is 2. The molecule has 3 rings (SSSR count). The lowest BCUT2D eigenvalue weighted by atomic mass is 10.2. The number of pyridine rings is 1. The first kappa shape index (κ1) is 18.1. The van der Waals surface area contributed by atoms with Gasteiger partial charge in [0, 0.05) is 36.3 Å². The minimum Gasteiger partial charge on any atom is -0.497 e. The molecule has 0 spiro atoms. The second kappa shape index (κ2) is 8.61. The molecule has 1 aromatic carbocycles. The van der Waals surface area contributed by atoms with Crippen LogP contribution in [0.4, 0.5) is 0 Å². The maximum atomic E-state index is 12.1. The van der Waals surface area contributed by atoms with Crippen LogP contribution in [0.25, 0.3) is 5.82 Å². The third kappa shape index (κ3) is 4.69. The number of carbonyl (C=O) groups is 2. The van der Waals surface area contributed by atoms with E-state index in [2.05, 4.69) is 20.7 Å². The Labute approximate surface area is 156 Å². The van der Waals surface area contributed by atoms with Gasteiger partial charge in [0.15, 0.2) is 5.82 Å². The molecule has 0 saturated carbocycles. The predicted molar refractivity (Wildman–Crippen MR) is 98.5 cm³/mol. The van der Waals surface area contributed by atoms with Crippen molar-refractivity contribution in [2.24, 2.45) is 0 Å². The topological polar surface area (TPSA) is 98.1 Å². The standard InChI is InChI=1S/C19H19N5O3/c1-27-16-7-5-14(6-8-16)19(26)22-13-17(25)21-12-15-4-2-9-20-18(15)24-11-3-10-23-24/h2-11H,12-13H2,1H3,(H,21,25)(H,22,26). The van der Waals surface area contributed by atoms with Crippen molar-refractivity contribution in [3.05, 3.63) is 72.2 Å². The summed E-state index contributed by atoms with van der Waals surface area (Å²) in [5.41, 5.74) is 1.27. The van der Waals surface area contributed by atoms with E-state index < -0.39 is 0 Å². The van der Waals surface area contributed by atoms with Crippen molar-refractivity contribution in [2.75, 3.05) is 13.7 Å². The molecule has 0 fully saturated rings. The molecular weight excluding hydrogens is 346 g/mol. The van der Waals surface area contributed by atoms with Gasteiger partial charge >= 0.3 is 0 Å². The van der Waals surface area contributed by atoms with Crippen LogP contribution in [0.2, 0.25) is 0 Å². The fraction of sp³-hybridized carbons (Fsp3) is 0.158. The lowest BCUT2D eigenvalue weighted by Gasteiger charge is -2.10. The van der Waals surface area contributed by atoms with Gasteiger partial charge in [-0.15, -0.1) is 0 Å². The number of hydrogen-bond acceptors (Lipinski definition) is 5. The summed E-state index contributed by atoms with van der Waals surface area (Å²) >= 11 is 0. The summed E-state index contributed by atoms with van der Waals surface area (Å²) in [7, 11) is 1.56. The molecular formula is C19H19N5O3. The first-order valence-corrected chi connectivity index (χ1v) is 8.30. The Hall–Kier alpha value is -3.68. The van der Waals surface area contributed by atoms with Crippen molar-refractivity contribution < 1.29 is 14.3 Å². The molecule has 138 valence electrons. The third-order valence-corrected chi connectivity index (χ3v) is 3.83. The number of hydrogen-bond donors (Lipinski definition) is 2. The van der Waals surface area contributed by atoms with E-state index in [9.17, 15) is 9.59 Å². The largest absolute Gasteiger partial charge is 0.497 e. The molecule has 0 aliphatic heterocycles. The van der Waals surface area contributed by atoms with Gasteiger partial charge in [-0.1, -0.05) is 6.07 Å². The van der Waals surface area contributed by atoms with Crippen LogP contribution in [0, 0.1) is 0 Å². The molecule has 2 amide bonds. The van der Waals surface area contributed by atoms with E-state index in [1.54, 1.807) is 66.8 Å². The van der Waals surface area contributed by atoms with Gasteiger partial charge in [-0.3, -0.25) is 9.59 Å². The molecule has 0 unspecified atom stereocenters. The third-order valence-electron chi connectivity index (χ3n) is 3.83. The molecule has 0 atom stereocenters. The predicted octanol–water partition coefficient (Wildman–Crippen LogP) is 1.32. The van der Waals surface area contributed by atoms with Gasteiger partial charge in [-0.25, -0.2) is 9.67 Å². The highest BCUT2D eigenvalue weighted by Crippen LogP contribution is 2.11. The van der Waals surface area contributed by atoms with Crippen LogP contribution >= 0.6 is 0 Å². The Morgan fingerprint density at radius 2 is 1.89 bits per heavy atom. The van der Waals surface area contributed by atoms with E-state index in [0.29, 0.717) is 17.1 Å². The summed E-state index contributed by atoms with van der Waals surface area (Å²) in [6.07, 6.45) is 5.10. The quantitative estimate of drug-likeness (QED) is 0.658. The van der Waals surface area contributed by atoms with Gasteiger partial charge in [-0.2, -0.15) is 5.10 Å². The maximum absolute atomic E-state index is 12.1. The zero-order valence-electron chi connectivity index (χ0n) is 14.8. The number of amides is 2. The van der Waals surface area contributed by atoms with Crippen molar-refractivity contribution >= 4 is 11.8 Å². The van der Waals surface area contributed by atoms with Crippen molar-refractivity contribution in [1.29, 1.82) is 0 Å². The van der Waals surface area contributed by atoms with Crippen LogP contribution in [0.5, 0.6) is 5.75 Å². The summed E-state index contributed by atoms with van der Waals surface area (Å²) in [4.78, 5) is 28.4. The Bertz CT molecular complexity index is 907. The molecule has 0 saturated heterocycles. The number of nitrogens with zero attached hydrogens (tertiary/aromatic N) is 3. The second-order valence-corrected chi connectivity index (χ2v) is 5.62. The Morgan fingerprint density at radius 3 is 2.59 bits per heavy atom. The Balaban J connectivity index is 1.52. The zero-order chi connectivity index (χ0) is 19.1. The summed E-state index contributed by atoms with van der Waals surface area (Å²) < 4.78 is 6.68. The van der Waals surface area contributed by atoms with Crippen molar-refractivity contribution in [3.8, 4) is 11.6 Å². The fourth-order valence-corrected chi connectivity index (χ4v) is 2.43. The van der Waals surface area contributed by atoms with E-state index in [-0.39, 0.29) is 24.9 Å². The molecule has 2 N–H and O–H groups in total. The minimum absolute atomic E-state index is 0.123. The molecule has 27 heavy (non-hydrogen) atoms. The SMILES string of the molecule is COc1ccc(C(=O)NCC(=O)NCc2cccnc2-n2cccn2)cc1. The molecule has 8 heteroatoms. The fourth-order valence-electron chi connectivity index (χ4n) is 2.43. The lowest BCUT2D eigenvalue weighted by molar-refractivity contribution is -0.120. The van der Waals surface area contributed by atoms with Crippen LogP contribution in [0.1, 0.15) is 15.9 Å². The molecule has 0 aliphatic carbocycles. The van der Waals surface area contributed by atoms with Crippen LogP contribution < -0.4 is 15.4 Å². The summed E-state index contributed by atoms with van der Waals surface area (Å²) in [6, 6.07) is 12.1. The second-order valence-electron chi connectivity index (χ2n) is 5.62. The highest BCUT2D eigenvalue weighted by Gasteiger charge is 2.10. The molecule has 0 radical (unpaired) electrons. The first-order chi connectivity index (χ1) is 13.2. The van der Waals surface area contributed by atoms with Crippen molar-refractivity contribution in [3.63, 3.8) is 0 Å². The number of methoxy groups -OCH3 is 1. The van der Waals surface area contributed by atoms with Gasteiger partial charge in [0.2, 0.25) is 5.91 Å². The summed E-state index contributed by atoms with van der Waals surface area (Å²) in [5.74, 6) is 0.678. The molecule has 2 aromatic heterocycles. The number of benzene rings is 1.